The molecule has 2 amide bonds. The molecule has 0 bridgehead atoms. The van der Waals surface area contributed by atoms with E-state index in [1.54, 1.807) is 23.1 Å². The number of hydrogen-bond donors (Lipinski definition) is 2. The molecule has 1 aromatic carbocycles. The summed E-state index contributed by atoms with van der Waals surface area (Å²) in [5.41, 5.74) is 5.72. The third-order valence-corrected chi connectivity index (χ3v) is 5.27. The van der Waals surface area contributed by atoms with Crippen LogP contribution in [0, 0.1) is 5.41 Å². The summed E-state index contributed by atoms with van der Waals surface area (Å²) in [4.78, 5) is 26.8. The lowest BCUT2D eigenvalue weighted by Gasteiger charge is -2.32. The number of carbonyl (C=O) groups is 2. The number of para-hydroxylation sites is 1. The van der Waals surface area contributed by atoms with Gasteiger partial charge in [0.15, 0.2) is 0 Å². The first-order valence-electron chi connectivity index (χ1n) is 8.17. The minimum absolute atomic E-state index is 0. The number of rotatable bonds is 6. The summed E-state index contributed by atoms with van der Waals surface area (Å²) < 4.78 is 0. The van der Waals surface area contributed by atoms with Gasteiger partial charge in [-0.15, -0.1) is 12.4 Å². The van der Waals surface area contributed by atoms with Crippen LogP contribution in [0.1, 0.15) is 32.6 Å². The lowest BCUT2D eigenvalue weighted by atomic mass is 9.84. The van der Waals surface area contributed by atoms with Crippen LogP contribution in [0.3, 0.4) is 0 Å². The molecule has 0 aliphatic heterocycles. The number of likely N-dealkylation sites (N-methyl/N-ethyl adjacent to an activating group) is 1. The highest BCUT2D eigenvalue weighted by Crippen LogP contribution is 2.38. The molecule has 0 aromatic heterocycles. The fourth-order valence-corrected chi connectivity index (χ4v) is 3.68. The van der Waals surface area contributed by atoms with Crippen molar-refractivity contribution in [1.82, 2.24) is 4.90 Å². The summed E-state index contributed by atoms with van der Waals surface area (Å²) in [6.45, 7) is 2.58. The van der Waals surface area contributed by atoms with E-state index in [1.807, 2.05) is 6.92 Å². The molecule has 1 saturated carbocycles. The molecule has 1 fully saturated rings. The van der Waals surface area contributed by atoms with Crippen molar-refractivity contribution in [2.45, 2.75) is 32.6 Å². The number of nitrogens with two attached hydrogens (primary N) is 1. The third-order valence-electron chi connectivity index (χ3n) is 4.64. The molecule has 0 spiro atoms. The highest BCUT2D eigenvalue weighted by atomic mass is 35.5. The summed E-state index contributed by atoms with van der Waals surface area (Å²) in [6, 6.07) is 4.99. The Morgan fingerprint density at radius 3 is 2.28 bits per heavy atom. The lowest BCUT2D eigenvalue weighted by Crippen LogP contribution is -2.49. The van der Waals surface area contributed by atoms with Gasteiger partial charge in [0.2, 0.25) is 11.8 Å². The molecule has 0 atom stereocenters. The van der Waals surface area contributed by atoms with E-state index in [9.17, 15) is 9.59 Å². The SMILES string of the molecule is CCN(CC(=O)Nc1c(Cl)cccc1Cl)C(=O)C1(CN)CCCC1.Cl. The Labute approximate surface area is 164 Å². The van der Waals surface area contributed by atoms with Crippen molar-refractivity contribution in [3.63, 3.8) is 0 Å². The van der Waals surface area contributed by atoms with Gasteiger partial charge < -0.3 is 16.0 Å². The van der Waals surface area contributed by atoms with Gasteiger partial charge in [-0.1, -0.05) is 42.1 Å². The normalized spacial score (nSPS) is 15.4. The van der Waals surface area contributed by atoms with Gasteiger partial charge >= 0.3 is 0 Å². The minimum Gasteiger partial charge on any atom is -0.333 e. The first-order valence-corrected chi connectivity index (χ1v) is 8.92. The van der Waals surface area contributed by atoms with Gasteiger partial charge in [0.25, 0.3) is 0 Å². The molecule has 0 radical (unpaired) electrons. The number of nitrogens with zero attached hydrogens (tertiary/aromatic N) is 1. The van der Waals surface area contributed by atoms with Crippen molar-refractivity contribution in [2.24, 2.45) is 11.1 Å². The monoisotopic (exact) mass is 407 g/mol. The van der Waals surface area contributed by atoms with Crippen molar-refractivity contribution < 1.29 is 9.59 Å². The van der Waals surface area contributed by atoms with Crippen LogP contribution in [-0.2, 0) is 9.59 Å². The van der Waals surface area contributed by atoms with E-state index < -0.39 is 5.41 Å². The molecule has 3 N–H and O–H groups in total. The van der Waals surface area contributed by atoms with Crippen LogP contribution in [0.15, 0.2) is 18.2 Å². The fourth-order valence-electron chi connectivity index (χ4n) is 3.19. The summed E-state index contributed by atoms with van der Waals surface area (Å²) in [6.07, 6.45) is 3.58. The molecular formula is C17H24Cl3N3O2. The van der Waals surface area contributed by atoms with Gasteiger partial charge in [-0.2, -0.15) is 0 Å². The predicted molar refractivity (Wildman–Crippen MR) is 105 cm³/mol. The molecule has 1 aromatic rings. The Kier molecular flexibility index (Phi) is 8.48. The molecule has 140 valence electrons. The van der Waals surface area contributed by atoms with Gasteiger partial charge in [-0.25, -0.2) is 0 Å². The number of anilines is 1. The van der Waals surface area contributed by atoms with Crippen LogP contribution in [0.2, 0.25) is 10.0 Å². The second kappa shape index (κ2) is 9.62. The topological polar surface area (TPSA) is 75.4 Å². The van der Waals surface area contributed by atoms with Crippen LogP contribution in [-0.4, -0.2) is 36.3 Å². The highest BCUT2D eigenvalue weighted by molar-refractivity contribution is 6.39. The molecule has 1 aliphatic carbocycles. The molecule has 25 heavy (non-hydrogen) atoms. The van der Waals surface area contributed by atoms with Crippen LogP contribution < -0.4 is 11.1 Å². The Morgan fingerprint density at radius 1 is 1.24 bits per heavy atom. The van der Waals surface area contributed by atoms with E-state index in [0.29, 0.717) is 28.8 Å². The van der Waals surface area contributed by atoms with Crippen molar-refractivity contribution in [3.8, 4) is 0 Å². The molecule has 5 nitrogen and oxygen atoms in total. The van der Waals surface area contributed by atoms with Crippen molar-refractivity contribution in [1.29, 1.82) is 0 Å². The quantitative estimate of drug-likeness (QED) is 0.753. The first-order chi connectivity index (χ1) is 11.4. The van der Waals surface area contributed by atoms with E-state index in [0.717, 1.165) is 25.7 Å². The number of hydrogen-bond acceptors (Lipinski definition) is 3. The van der Waals surface area contributed by atoms with Crippen LogP contribution >= 0.6 is 35.6 Å². The highest BCUT2D eigenvalue weighted by Gasteiger charge is 2.42. The number of halogens is 3. The first kappa shape index (κ1) is 22.0. The van der Waals surface area contributed by atoms with Crippen molar-refractivity contribution in [2.75, 3.05) is 25.0 Å². The van der Waals surface area contributed by atoms with E-state index in [2.05, 4.69) is 5.32 Å². The molecule has 1 aliphatic rings. The van der Waals surface area contributed by atoms with E-state index in [4.69, 9.17) is 28.9 Å². The van der Waals surface area contributed by atoms with E-state index in [-0.39, 0.29) is 30.8 Å². The Morgan fingerprint density at radius 2 is 1.80 bits per heavy atom. The summed E-state index contributed by atoms with van der Waals surface area (Å²) in [5, 5.41) is 3.41. The smallest absolute Gasteiger partial charge is 0.244 e. The Balaban J connectivity index is 0.00000312. The van der Waals surface area contributed by atoms with Gasteiger partial charge in [0.05, 0.1) is 27.7 Å². The predicted octanol–water partition coefficient (Wildman–Crippen LogP) is 3.72. The second-order valence-electron chi connectivity index (χ2n) is 6.16. The molecular weight excluding hydrogens is 385 g/mol. The Hall–Kier alpha value is -1.01. The fraction of sp³-hybridized carbons (Fsp3) is 0.529. The van der Waals surface area contributed by atoms with E-state index in [1.165, 1.54) is 0 Å². The summed E-state index contributed by atoms with van der Waals surface area (Å²) >= 11 is 12.1. The van der Waals surface area contributed by atoms with Gasteiger partial charge in [-0.3, -0.25) is 9.59 Å². The maximum Gasteiger partial charge on any atom is 0.244 e. The number of carbonyl (C=O) groups excluding carboxylic acids is 2. The second-order valence-corrected chi connectivity index (χ2v) is 6.97. The summed E-state index contributed by atoms with van der Waals surface area (Å²) in [7, 11) is 0. The van der Waals surface area contributed by atoms with Gasteiger partial charge in [-0.05, 0) is 31.9 Å². The number of nitrogens with one attached hydrogen (secondary N) is 1. The molecule has 2 rings (SSSR count). The minimum atomic E-state index is -0.516. The van der Waals surface area contributed by atoms with Gasteiger partial charge in [0.1, 0.15) is 0 Å². The molecule has 8 heteroatoms. The molecule has 0 unspecified atom stereocenters. The lowest BCUT2D eigenvalue weighted by molar-refractivity contribution is -0.143. The van der Waals surface area contributed by atoms with Crippen LogP contribution in [0.25, 0.3) is 0 Å². The average Bonchev–Trinajstić information content (AvgIpc) is 3.06. The number of amides is 2. The third kappa shape index (κ3) is 5.00. The van der Waals surface area contributed by atoms with Crippen molar-refractivity contribution in [3.05, 3.63) is 28.2 Å². The maximum absolute atomic E-state index is 12.9. The molecule has 0 saturated heterocycles. The van der Waals surface area contributed by atoms with Gasteiger partial charge in [0, 0.05) is 13.1 Å². The standard InChI is InChI=1S/C17H23Cl2N3O2.ClH/c1-2-22(16(24)17(11-20)8-3-4-9-17)10-14(23)21-15-12(18)6-5-7-13(15)19;/h5-7H,2-4,8-11,20H2,1H3,(H,21,23);1H. The average molecular weight is 409 g/mol. The largest absolute Gasteiger partial charge is 0.333 e. The van der Waals surface area contributed by atoms with E-state index >= 15 is 0 Å². The zero-order valence-electron chi connectivity index (χ0n) is 14.2. The zero-order valence-corrected chi connectivity index (χ0v) is 16.5. The zero-order chi connectivity index (χ0) is 17.7. The number of benzene rings is 1. The van der Waals surface area contributed by atoms with Crippen LogP contribution in [0.4, 0.5) is 5.69 Å². The van der Waals surface area contributed by atoms with Crippen LogP contribution in [0.5, 0.6) is 0 Å². The maximum atomic E-state index is 12.9. The molecule has 0 heterocycles. The Bertz CT molecular complexity index is 599. The van der Waals surface area contributed by atoms with Crippen molar-refractivity contribution >= 4 is 53.1 Å². The summed E-state index contributed by atoms with van der Waals surface area (Å²) in [5.74, 6) is -0.365.